The highest BCUT2D eigenvalue weighted by Gasteiger charge is 2.19. The Hall–Kier alpha value is -2.37. The number of unbranched alkanes of at least 4 members (excludes halogenated alkanes) is 36. The number of carbonyl (C=O) groups excluding carboxylic acids is 3. The number of hydrogen-bond donors (Lipinski definition) is 0. The summed E-state index contributed by atoms with van der Waals surface area (Å²) in [5.74, 6) is -0.884. The van der Waals surface area contributed by atoms with Gasteiger partial charge in [0.15, 0.2) is 6.10 Å². The van der Waals surface area contributed by atoms with Crippen LogP contribution in [0.5, 0.6) is 0 Å². The highest BCUT2D eigenvalue weighted by Crippen LogP contribution is 2.15. The van der Waals surface area contributed by atoms with Gasteiger partial charge in [-0.15, -0.1) is 0 Å². The molecule has 0 aliphatic rings. The van der Waals surface area contributed by atoms with Crippen molar-refractivity contribution in [3.63, 3.8) is 0 Å². The Labute approximate surface area is 410 Å². The molecule has 66 heavy (non-hydrogen) atoms. The van der Waals surface area contributed by atoms with E-state index in [0.29, 0.717) is 19.3 Å². The van der Waals surface area contributed by atoms with Crippen molar-refractivity contribution >= 4 is 17.9 Å². The molecule has 0 heterocycles. The first kappa shape index (κ1) is 63.6. The standard InChI is InChI=1S/C60H110O6/c1-4-7-10-13-16-19-22-25-28-30-33-35-38-41-44-47-50-53-59(62)65-56-57(55-64-58(61)52-49-46-43-40-37-34-31-27-24-21-18-15-12-9-6-3)66-60(63)54-51-48-45-42-39-36-32-29-26-23-20-17-14-11-8-5-2/h25,27-29,31-32,57H,4-24,26,30,33-56H2,1-3H3/b28-25-,31-27-,32-29-. The fraction of sp³-hybridized carbons (Fsp3) is 0.850. The number of esters is 3. The second kappa shape index (κ2) is 55.2. The van der Waals surface area contributed by atoms with E-state index in [1.165, 1.54) is 199 Å². The van der Waals surface area contributed by atoms with Crippen molar-refractivity contribution in [2.75, 3.05) is 13.2 Å². The average molecular weight is 928 g/mol. The van der Waals surface area contributed by atoms with Crippen LogP contribution in [-0.2, 0) is 28.6 Å². The van der Waals surface area contributed by atoms with E-state index in [1.54, 1.807) is 0 Å². The molecule has 0 spiro atoms. The molecule has 0 amide bonds. The summed E-state index contributed by atoms with van der Waals surface area (Å²) in [6.45, 7) is 6.65. The maximum atomic E-state index is 12.8. The van der Waals surface area contributed by atoms with Gasteiger partial charge in [-0.3, -0.25) is 14.4 Å². The molecule has 0 aromatic rings. The van der Waals surface area contributed by atoms with Gasteiger partial charge in [-0.2, -0.15) is 0 Å². The van der Waals surface area contributed by atoms with E-state index in [2.05, 4.69) is 57.2 Å². The minimum Gasteiger partial charge on any atom is -0.462 e. The average Bonchev–Trinajstić information content (AvgIpc) is 3.31. The zero-order valence-corrected chi connectivity index (χ0v) is 44.2. The Morgan fingerprint density at radius 3 is 0.758 bits per heavy atom. The number of allylic oxidation sites excluding steroid dienone is 6. The molecule has 0 aromatic carbocycles. The molecule has 0 rings (SSSR count). The molecule has 0 N–H and O–H groups in total. The Morgan fingerprint density at radius 2 is 0.500 bits per heavy atom. The van der Waals surface area contributed by atoms with Gasteiger partial charge in [0.25, 0.3) is 0 Å². The van der Waals surface area contributed by atoms with Crippen molar-refractivity contribution < 1.29 is 28.6 Å². The quantitative estimate of drug-likeness (QED) is 0.0262. The minimum absolute atomic E-state index is 0.0782. The van der Waals surface area contributed by atoms with Gasteiger partial charge < -0.3 is 14.2 Å². The van der Waals surface area contributed by atoms with Gasteiger partial charge in [0.05, 0.1) is 0 Å². The van der Waals surface area contributed by atoms with Gasteiger partial charge in [-0.25, -0.2) is 0 Å². The lowest BCUT2D eigenvalue weighted by Gasteiger charge is -2.18. The molecule has 0 saturated heterocycles. The van der Waals surface area contributed by atoms with Crippen LogP contribution in [0, 0.1) is 0 Å². The summed E-state index contributed by atoms with van der Waals surface area (Å²) in [6, 6.07) is 0. The number of ether oxygens (including phenoxy) is 3. The molecular weight excluding hydrogens is 817 g/mol. The zero-order chi connectivity index (χ0) is 47.9. The van der Waals surface area contributed by atoms with Gasteiger partial charge in [0.1, 0.15) is 13.2 Å². The molecule has 1 atom stereocenters. The van der Waals surface area contributed by atoms with E-state index >= 15 is 0 Å². The van der Waals surface area contributed by atoms with E-state index in [0.717, 1.165) is 70.6 Å². The monoisotopic (exact) mass is 927 g/mol. The van der Waals surface area contributed by atoms with Crippen molar-refractivity contribution in [3.05, 3.63) is 36.5 Å². The van der Waals surface area contributed by atoms with Crippen molar-refractivity contribution in [1.29, 1.82) is 0 Å². The molecule has 6 nitrogen and oxygen atoms in total. The predicted octanol–water partition coefficient (Wildman–Crippen LogP) is 19.3. The smallest absolute Gasteiger partial charge is 0.306 e. The predicted molar refractivity (Wildman–Crippen MR) is 284 cm³/mol. The van der Waals surface area contributed by atoms with Gasteiger partial charge in [-0.05, 0) is 96.3 Å². The van der Waals surface area contributed by atoms with Gasteiger partial charge in [0, 0.05) is 19.3 Å². The summed E-state index contributed by atoms with van der Waals surface area (Å²) < 4.78 is 16.9. The van der Waals surface area contributed by atoms with Crippen molar-refractivity contribution in [1.82, 2.24) is 0 Å². The third kappa shape index (κ3) is 52.6. The lowest BCUT2D eigenvalue weighted by Crippen LogP contribution is -2.30. The second-order valence-electron chi connectivity index (χ2n) is 19.5. The first-order chi connectivity index (χ1) is 32.5. The van der Waals surface area contributed by atoms with Crippen LogP contribution < -0.4 is 0 Å². The fourth-order valence-corrected chi connectivity index (χ4v) is 8.43. The molecule has 0 bridgehead atoms. The second-order valence-corrected chi connectivity index (χ2v) is 19.5. The number of rotatable bonds is 53. The molecule has 6 heteroatoms. The van der Waals surface area contributed by atoms with Crippen molar-refractivity contribution in [2.45, 2.75) is 316 Å². The lowest BCUT2D eigenvalue weighted by molar-refractivity contribution is -0.167. The lowest BCUT2D eigenvalue weighted by atomic mass is 10.1. The molecule has 0 radical (unpaired) electrons. The van der Waals surface area contributed by atoms with Crippen LogP contribution in [0.2, 0.25) is 0 Å². The Bertz CT molecular complexity index is 1110. The molecule has 0 fully saturated rings. The maximum Gasteiger partial charge on any atom is 0.306 e. The summed E-state index contributed by atoms with van der Waals surface area (Å²) in [4.78, 5) is 38.1. The van der Waals surface area contributed by atoms with E-state index in [9.17, 15) is 14.4 Å². The highest BCUT2D eigenvalue weighted by molar-refractivity contribution is 5.71. The van der Waals surface area contributed by atoms with Gasteiger partial charge >= 0.3 is 17.9 Å². The first-order valence-electron chi connectivity index (χ1n) is 29.0. The van der Waals surface area contributed by atoms with Crippen molar-refractivity contribution in [2.24, 2.45) is 0 Å². The maximum absolute atomic E-state index is 12.8. The zero-order valence-electron chi connectivity index (χ0n) is 44.2. The molecule has 1 unspecified atom stereocenters. The fourth-order valence-electron chi connectivity index (χ4n) is 8.43. The van der Waals surface area contributed by atoms with Gasteiger partial charge in [0.2, 0.25) is 0 Å². The van der Waals surface area contributed by atoms with Crippen LogP contribution >= 0.6 is 0 Å². The van der Waals surface area contributed by atoms with Crippen LogP contribution in [-0.4, -0.2) is 37.2 Å². The molecule has 386 valence electrons. The van der Waals surface area contributed by atoms with Crippen LogP contribution in [0.4, 0.5) is 0 Å². The molecule has 0 aliphatic heterocycles. The van der Waals surface area contributed by atoms with Gasteiger partial charge in [-0.1, -0.05) is 231 Å². The number of hydrogen-bond acceptors (Lipinski definition) is 6. The van der Waals surface area contributed by atoms with Crippen LogP contribution in [0.25, 0.3) is 0 Å². The largest absolute Gasteiger partial charge is 0.462 e. The highest BCUT2D eigenvalue weighted by atomic mass is 16.6. The third-order valence-electron chi connectivity index (χ3n) is 12.8. The summed E-state index contributed by atoms with van der Waals surface area (Å²) in [6.07, 6.45) is 65.6. The number of carbonyl (C=O) groups is 3. The van der Waals surface area contributed by atoms with Crippen molar-refractivity contribution in [3.8, 4) is 0 Å². The molecular formula is C60H110O6. The van der Waals surface area contributed by atoms with Crippen LogP contribution in [0.15, 0.2) is 36.5 Å². The van der Waals surface area contributed by atoms with Crippen LogP contribution in [0.1, 0.15) is 310 Å². The third-order valence-corrected chi connectivity index (χ3v) is 12.8. The molecule has 0 aromatic heterocycles. The molecule has 0 saturated carbocycles. The summed E-state index contributed by atoms with van der Waals surface area (Å²) >= 11 is 0. The minimum atomic E-state index is -0.780. The topological polar surface area (TPSA) is 78.9 Å². The first-order valence-corrected chi connectivity index (χ1v) is 29.0. The Kier molecular flexibility index (Phi) is 53.2. The Balaban J connectivity index is 4.38. The summed E-state index contributed by atoms with van der Waals surface area (Å²) in [7, 11) is 0. The summed E-state index contributed by atoms with van der Waals surface area (Å²) in [5.41, 5.74) is 0. The summed E-state index contributed by atoms with van der Waals surface area (Å²) in [5, 5.41) is 0. The van der Waals surface area contributed by atoms with E-state index in [-0.39, 0.29) is 31.1 Å². The normalized spacial score (nSPS) is 12.2. The SMILES string of the molecule is CCCCCCCC/C=C\CCCCCCCCCC(=O)OCC(COC(=O)CCCCCCC/C=C\CCCCCCCC)OC(=O)CCCCCCC/C=C\CCCCCCCCC. The van der Waals surface area contributed by atoms with E-state index in [1.807, 2.05) is 0 Å². The Morgan fingerprint density at radius 1 is 0.288 bits per heavy atom. The van der Waals surface area contributed by atoms with E-state index < -0.39 is 6.10 Å². The molecule has 0 aliphatic carbocycles. The van der Waals surface area contributed by atoms with Crippen LogP contribution in [0.3, 0.4) is 0 Å². The van der Waals surface area contributed by atoms with E-state index in [4.69, 9.17) is 14.2 Å².